The van der Waals surface area contributed by atoms with E-state index in [1.54, 1.807) is 11.3 Å². The molecule has 6 heterocycles. The first-order valence-corrected chi connectivity index (χ1v) is 26.0. The van der Waals surface area contributed by atoms with E-state index < -0.39 is 0 Å². The van der Waals surface area contributed by atoms with Crippen molar-refractivity contribution in [2.75, 3.05) is 54.4 Å². The highest BCUT2D eigenvalue weighted by atomic mass is 32.1. The summed E-state index contributed by atoms with van der Waals surface area (Å²) >= 11 is 1.65. The number of pyridine rings is 1. The highest BCUT2D eigenvalue weighted by Gasteiger charge is 2.27. The van der Waals surface area contributed by atoms with Gasteiger partial charge in [0.05, 0.1) is 27.1 Å². The summed E-state index contributed by atoms with van der Waals surface area (Å²) in [5.74, 6) is 1.17. The van der Waals surface area contributed by atoms with Gasteiger partial charge in [0.25, 0.3) is 0 Å². The molecule has 0 bridgehead atoms. The summed E-state index contributed by atoms with van der Waals surface area (Å²) in [6, 6.07) is 42.0. The minimum Gasteiger partial charge on any atom is -0.369 e. The molecule has 3 aromatic heterocycles. The van der Waals surface area contributed by atoms with Crippen molar-refractivity contribution >= 4 is 60.9 Å². The summed E-state index contributed by atoms with van der Waals surface area (Å²) < 4.78 is 3.20. The van der Waals surface area contributed by atoms with Gasteiger partial charge in [-0.15, -0.1) is 0 Å². The average Bonchev–Trinajstić information content (AvgIpc) is 3.96. The van der Waals surface area contributed by atoms with Crippen molar-refractivity contribution in [3.63, 3.8) is 0 Å². The molecule has 8 aromatic rings. The van der Waals surface area contributed by atoms with Crippen LogP contribution in [0.5, 0.6) is 0 Å². The quantitative estimate of drug-likeness (QED) is 0.112. The van der Waals surface area contributed by atoms with Crippen LogP contribution < -0.4 is 20.4 Å². The maximum atomic E-state index is 5.25. The van der Waals surface area contributed by atoms with Crippen molar-refractivity contribution in [2.45, 2.75) is 57.9 Å². The molecule has 358 valence electrons. The van der Waals surface area contributed by atoms with Crippen molar-refractivity contribution in [3.8, 4) is 11.1 Å². The molecule has 0 amide bonds. The third-order valence-corrected chi connectivity index (χ3v) is 16.0. The lowest BCUT2D eigenvalue weighted by molar-refractivity contribution is 0.255. The number of piperidine rings is 1. The number of aryl methyl sites for hydroxylation is 2. The number of nitrogens with zero attached hydrogens (tertiary/aromatic N) is 7. The van der Waals surface area contributed by atoms with Crippen molar-refractivity contribution in [2.24, 2.45) is 7.05 Å². The van der Waals surface area contributed by atoms with Gasteiger partial charge in [-0.3, -0.25) is 9.58 Å². The second kappa shape index (κ2) is 19.9. The van der Waals surface area contributed by atoms with Crippen molar-refractivity contribution in [1.82, 2.24) is 30.0 Å². The molecular weight excluding hydrogens is 891 g/mol. The topological polar surface area (TPSA) is 77.4 Å². The molecule has 0 saturated carbocycles. The fourth-order valence-electron chi connectivity index (χ4n) is 11.1. The summed E-state index contributed by atoms with van der Waals surface area (Å²) in [5.41, 5.74) is 19.8. The Hall–Kier alpha value is -7.27. The molecule has 11 rings (SSSR count). The van der Waals surface area contributed by atoms with Gasteiger partial charge in [-0.2, -0.15) is 5.10 Å². The molecule has 0 spiro atoms. The number of rotatable bonds is 14. The van der Waals surface area contributed by atoms with Gasteiger partial charge in [-0.05, 0) is 139 Å². The van der Waals surface area contributed by atoms with Crippen molar-refractivity contribution in [3.05, 3.63) is 203 Å². The van der Waals surface area contributed by atoms with Gasteiger partial charge in [0.15, 0.2) is 5.13 Å². The summed E-state index contributed by atoms with van der Waals surface area (Å²) in [6.45, 7) is 26.3. The summed E-state index contributed by atoms with van der Waals surface area (Å²) in [4.78, 5) is 17.6. The van der Waals surface area contributed by atoms with Gasteiger partial charge >= 0.3 is 0 Å². The first-order valence-electron chi connectivity index (χ1n) is 25.2. The standard InChI is InChI=1S/C61H63N9S/c1-7-55-52(27-28-59(64-55)70-31-29-46-17-11-20-50(54(46)39-70)42(4)63-61-65-56-21-8-9-22-58(56)71-61)49-19-12-18-47(41(49)3)37-45-15-10-14-44(36-45)16-13-30-68-32-34-69(35-33-68)48-24-26-53-57(38-48)67(6)66-60(53)51-25-23-40(2)62-43(51)5/h7-12,14-15,17-22,24,26-28,36,38,51,62H,1-2,4-5,13,16,23,25,29-35,37,39H2,3,6H3,(H,63,65). The van der Waals surface area contributed by atoms with Crippen LogP contribution in [0.2, 0.25) is 0 Å². The largest absolute Gasteiger partial charge is 0.369 e. The lowest BCUT2D eigenvalue weighted by Gasteiger charge is -2.36. The van der Waals surface area contributed by atoms with E-state index in [-0.39, 0.29) is 5.92 Å². The van der Waals surface area contributed by atoms with E-state index >= 15 is 0 Å². The van der Waals surface area contributed by atoms with Gasteiger partial charge in [-0.25, -0.2) is 9.97 Å². The number of anilines is 3. The number of fused-ring (bicyclic) bond motifs is 3. The van der Waals surface area contributed by atoms with E-state index in [2.05, 4.69) is 169 Å². The highest BCUT2D eigenvalue weighted by Crippen LogP contribution is 2.38. The predicted octanol–water partition coefficient (Wildman–Crippen LogP) is 12.7. The van der Waals surface area contributed by atoms with Crippen LogP contribution in [0.3, 0.4) is 0 Å². The molecule has 1 atom stereocenters. The molecule has 0 aliphatic carbocycles. The number of thiazole rings is 1. The van der Waals surface area contributed by atoms with Crippen LogP contribution in [0.15, 0.2) is 153 Å². The van der Waals surface area contributed by atoms with E-state index in [1.807, 2.05) is 22.9 Å². The van der Waals surface area contributed by atoms with Crippen LogP contribution in [0.1, 0.15) is 75.5 Å². The molecule has 2 N–H and O–H groups in total. The Kier molecular flexibility index (Phi) is 12.9. The van der Waals surface area contributed by atoms with Crippen molar-refractivity contribution < 1.29 is 0 Å². The third kappa shape index (κ3) is 9.54. The number of hydrogen-bond donors (Lipinski definition) is 2. The average molecular weight is 954 g/mol. The Balaban J connectivity index is 0.700. The Morgan fingerprint density at radius 3 is 2.51 bits per heavy atom. The zero-order valence-corrected chi connectivity index (χ0v) is 42.0. The lowest BCUT2D eigenvalue weighted by atomic mass is 9.90. The SMILES string of the molecule is C=Cc1nc(N2CCc3cccc(C(=C)Nc4nc5ccccc5s4)c3C2)ccc1-c1cccc(Cc2cccc(CCCN3CCN(c4ccc5c(C6CCC(=C)NC6=C)nn(C)c5c4)CC3)c2)c1C. The minimum absolute atomic E-state index is 0.205. The minimum atomic E-state index is 0.205. The predicted molar refractivity (Wildman–Crippen MR) is 298 cm³/mol. The lowest BCUT2D eigenvalue weighted by Crippen LogP contribution is -2.46. The Morgan fingerprint density at radius 2 is 1.66 bits per heavy atom. The number of aromatic nitrogens is 4. The van der Waals surface area contributed by atoms with Gasteiger partial charge in [0, 0.05) is 91.5 Å². The maximum Gasteiger partial charge on any atom is 0.188 e. The number of benzene rings is 5. The van der Waals surface area contributed by atoms with Gasteiger partial charge in [-0.1, -0.05) is 110 Å². The molecular formula is C61H63N9S. The molecule has 3 aliphatic heterocycles. The number of allylic oxidation sites excluding steroid dienone is 2. The monoisotopic (exact) mass is 953 g/mol. The molecule has 0 radical (unpaired) electrons. The number of para-hydroxylation sites is 1. The van der Waals surface area contributed by atoms with Crippen LogP contribution in [0.25, 0.3) is 44.0 Å². The highest BCUT2D eigenvalue weighted by molar-refractivity contribution is 7.22. The van der Waals surface area contributed by atoms with E-state index in [0.29, 0.717) is 0 Å². The number of nitrogens with one attached hydrogen (secondary N) is 2. The fraction of sp³-hybridized carbons (Fsp3) is 0.262. The molecule has 2 saturated heterocycles. The summed E-state index contributed by atoms with van der Waals surface area (Å²) in [7, 11) is 2.06. The number of hydrogen-bond acceptors (Lipinski definition) is 9. The third-order valence-electron chi connectivity index (χ3n) is 15.1. The van der Waals surface area contributed by atoms with Gasteiger partial charge in [0.1, 0.15) is 5.82 Å². The van der Waals surface area contributed by atoms with Crippen LogP contribution in [0, 0.1) is 6.92 Å². The summed E-state index contributed by atoms with van der Waals surface area (Å²) in [6.07, 6.45) is 7.89. The maximum absolute atomic E-state index is 5.25. The first kappa shape index (κ1) is 46.1. The second-order valence-corrected chi connectivity index (χ2v) is 20.6. The van der Waals surface area contributed by atoms with Crippen LogP contribution >= 0.6 is 11.3 Å². The second-order valence-electron chi connectivity index (χ2n) is 19.6. The van der Waals surface area contributed by atoms with Gasteiger partial charge < -0.3 is 20.4 Å². The molecule has 3 aliphatic rings. The van der Waals surface area contributed by atoms with Crippen molar-refractivity contribution in [1.29, 1.82) is 0 Å². The summed E-state index contributed by atoms with van der Waals surface area (Å²) in [5, 5.41) is 13.9. The fourth-order valence-corrected chi connectivity index (χ4v) is 12.0. The smallest absolute Gasteiger partial charge is 0.188 e. The normalized spacial score (nSPS) is 16.3. The zero-order valence-electron chi connectivity index (χ0n) is 41.2. The Bertz CT molecular complexity index is 3320. The zero-order chi connectivity index (χ0) is 48.6. The molecule has 5 aromatic carbocycles. The molecule has 10 heteroatoms. The molecule has 1 unspecified atom stereocenters. The first-order chi connectivity index (χ1) is 34.6. The van der Waals surface area contributed by atoms with Crippen LogP contribution in [-0.4, -0.2) is 63.9 Å². The Labute approximate surface area is 422 Å². The van der Waals surface area contributed by atoms with Crippen LogP contribution in [0.4, 0.5) is 16.6 Å². The molecule has 2 fully saturated rings. The number of piperazine rings is 1. The van der Waals surface area contributed by atoms with E-state index in [0.717, 1.165) is 145 Å². The van der Waals surface area contributed by atoms with Gasteiger partial charge in [0.2, 0.25) is 0 Å². The Morgan fingerprint density at radius 1 is 0.831 bits per heavy atom. The van der Waals surface area contributed by atoms with E-state index in [9.17, 15) is 0 Å². The van der Waals surface area contributed by atoms with E-state index in [1.165, 1.54) is 55.5 Å². The van der Waals surface area contributed by atoms with E-state index in [4.69, 9.17) is 15.1 Å². The molecule has 9 nitrogen and oxygen atoms in total. The molecule has 71 heavy (non-hydrogen) atoms. The van der Waals surface area contributed by atoms with Crippen LogP contribution in [-0.2, 0) is 32.9 Å².